The minimum atomic E-state index is -3.32. The fraction of sp³-hybridized carbons (Fsp3) is 0.364. The molecule has 0 amide bonds. The van der Waals surface area contributed by atoms with E-state index in [2.05, 4.69) is 26.2 Å². The van der Waals surface area contributed by atoms with Gasteiger partial charge in [0.25, 0.3) is 0 Å². The molecule has 0 saturated carbocycles. The Labute approximate surface area is 115 Å². The number of benzene rings is 1. The molecule has 18 heavy (non-hydrogen) atoms. The van der Waals surface area contributed by atoms with Crippen molar-refractivity contribution in [1.82, 2.24) is 5.20 Å². The van der Waals surface area contributed by atoms with Crippen molar-refractivity contribution in [1.29, 1.82) is 0 Å². The third kappa shape index (κ3) is 5.31. The van der Waals surface area contributed by atoms with Gasteiger partial charge in [-0.2, -0.15) is 5.10 Å². The minimum absolute atomic E-state index is 0.290. The number of hydrazone groups is 1. The molecule has 0 atom stereocenters. The Bertz CT molecular complexity index is 426. The topological polar surface area (TPSA) is 59.9 Å². The van der Waals surface area contributed by atoms with E-state index in [9.17, 15) is 4.57 Å². The molecule has 0 aliphatic rings. The molecule has 0 bridgehead atoms. The van der Waals surface area contributed by atoms with Crippen LogP contribution in [-0.4, -0.2) is 19.4 Å². The Morgan fingerprint density at radius 3 is 2.33 bits per heavy atom. The van der Waals surface area contributed by atoms with Crippen LogP contribution in [0.2, 0.25) is 0 Å². The van der Waals surface area contributed by atoms with E-state index in [1.165, 1.54) is 0 Å². The van der Waals surface area contributed by atoms with E-state index in [1.54, 1.807) is 20.1 Å². The average Bonchev–Trinajstić information content (AvgIpc) is 2.32. The third-order valence-electron chi connectivity index (χ3n) is 1.86. The van der Waals surface area contributed by atoms with Crippen LogP contribution in [0.25, 0.3) is 0 Å². The van der Waals surface area contributed by atoms with Crippen LogP contribution < -0.4 is 5.20 Å². The van der Waals surface area contributed by atoms with Crippen LogP contribution in [0.5, 0.6) is 0 Å². The van der Waals surface area contributed by atoms with Crippen LogP contribution in [0.4, 0.5) is 0 Å². The van der Waals surface area contributed by atoms with E-state index >= 15 is 0 Å². The van der Waals surface area contributed by atoms with Crippen molar-refractivity contribution in [2.45, 2.75) is 13.8 Å². The van der Waals surface area contributed by atoms with Crippen LogP contribution in [-0.2, 0) is 13.6 Å². The van der Waals surface area contributed by atoms with Gasteiger partial charge in [-0.15, -0.1) is 0 Å². The summed E-state index contributed by atoms with van der Waals surface area (Å²) in [7, 11) is -3.32. The molecule has 0 heterocycles. The molecule has 0 aliphatic carbocycles. The number of nitrogens with one attached hydrogen (secondary N) is 1. The quantitative estimate of drug-likeness (QED) is 0.470. The summed E-state index contributed by atoms with van der Waals surface area (Å²) >= 11 is 3.34. The highest BCUT2D eigenvalue weighted by molar-refractivity contribution is 9.10. The van der Waals surface area contributed by atoms with E-state index in [1.807, 2.05) is 24.3 Å². The molecular formula is C11H16BrN2O3P. The highest BCUT2D eigenvalue weighted by Gasteiger charge is 2.22. The molecule has 1 N–H and O–H groups in total. The van der Waals surface area contributed by atoms with Gasteiger partial charge in [-0.05, 0) is 31.5 Å². The zero-order chi connectivity index (χ0) is 13.4. The molecular weight excluding hydrogens is 319 g/mol. The van der Waals surface area contributed by atoms with Gasteiger partial charge in [-0.1, -0.05) is 28.1 Å². The van der Waals surface area contributed by atoms with Crippen LogP contribution in [0.1, 0.15) is 19.4 Å². The van der Waals surface area contributed by atoms with Gasteiger partial charge in [-0.25, -0.2) is 9.76 Å². The third-order valence-corrected chi connectivity index (χ3v) is 3.95. The van der Waals surface area contributed by atoms with E-state index in [4.69, 9.17) is 9.05 Å². The van der Waals surface area contributed by atoms with E-state index < -0.39 is 7.75 Å². The first-order chi connectivity index (χ1) is 8.59. The molecule has 0 aromatic heterocycles. The number of rotatable bonds is 7. The van der Waals surface area contributed by atoms with Gasteiger partial charge in [0, 0.05) is 4.47 Å². The first-order valence-corrected chi connectivity index (χ1v) is 7.88. The van der Waals surface area contributed by atoms with Crippen molar-refractivity contribution in [3.8, 4) is 0 Å². The van der Waals surface area contributed by atoms with Crippen LogP contribution in [0.15, 0.2) is 33.8 Å². The predicted molar refractivity (Wildman–Crippen MR) is 75.7 cm³/mol. The monoisotopic (exact) mass is 334 g/mol. The Morgan fingerprint density at radius 2 is 1.83 bits per heavy atom. The van der Waals surface area contributed by atoms with Crippen molar-refractivity contribution >= 4 is 29.9 Å². The summed E-state index contributed by atoms with van der Waals surface area (Å²) < 4.78 is 23.0. The highest BCUT2D eigenvalue weighted by Crippen LogP contribution is 2.43. The van der Waals surface area contributed by atoms with Crippen molar-refractivity contribution in [3.63, 3.8) is 0 Å². The SMILES string of the molecule is CCOP(=O)(N/N=C/c1ccc(Br)cc1)OCC. The molecule has 0 unspecified atom stereocenters. The lowest BCUT2D eigenvalue weighted by atomic mass is 10.2. The fourth-order valence-electron chi connectivity index (χ4n) is 1.16. The maximum absolute atomic E-state index is 12.0. The first kappa shape index (κ1) is 15.4. The van der Waals surface area contributed by atoms with Gasteiger partial charge in [0.1, 0.15) is 0 Å². The van der Waals surface area contributed by atoms with Gasteiger partial charge >= 0.3 is 7.75 Å². The summed E-state index contributed by atoms with van der Waals surface area (Å²) in [6, 6.07) is 7.54. The lowest BCUT2D eigenvalue weighted by Crippen LogP contribution is -2.09. The normalized spacial score (nSPS) is 11.9. The van der Waals surface area contributed by atoms with Crippen molar-refractivity contribution in [3.05, 3.63) is 34.3 Å². The Balaban J connectivity index is 2.61. The fourth-order valence-corrected chi connectivity index (χ4v) is 2.49. The predicted octanol–water partition coefficient (Wildman–Crippen LogP) is 3.55. The zero-order valence-electron chi connectivity index (χ0n) is 10.3. The lowest BCUT2D eigenvalue weighted by molar-refractivity contribution is 0.211. The second kappa shape index (κ2) is 7.69. The Kier molecular flexibility index (Phi) is 6.57. The standard InChI is InChI=1S/C11H16BrN2O3P/c1-3-16-18(15,17-4-2)14-13-9-10-5-7-11(12)8-6-10/h5-9H,3-4H2,1-2H3,(H,14,15)/b13-9+. The molecule has 7 heteroatoms. The Morgan fingerprint density at radius 1 is 1.28 bits per heavy atom. The molecule has 5 nitrogen and oxygen atoms in total. The summed E-state index contributed by atoms with van der Waals surface area (Å²) in [5.41, 5.74) is 0.880. The van der Waals surface area contributed by atoms with Crippen LogP contribution in [0.3, 0.4) is 0 Å². The first-order valence-electron chi connectivity index (χ1n) is 5.54. The van der Waals surface area contributed by atoms with E-state index in [-0.39, 0.29) is 13.2 Å². The molecule has 0 aliphatic heterocycles. The van der Waals surface area contributed by atoms with E-state index in [0.717, 1.165) is 10.0 Å². The summed E-state index contributed by atoms with van der Waals surface area (Å²) in [4.78, 5) is 0. The number of hydrogen-bond acceptors (Lipinski definition) is 4. The van der Waals surface area contributed by atoms with Crippen LogP contribution in [0, 0.1) is 0 Å². The second-order valence-electron chi connectivity index (χ2n) is 3.24. The van der Waals surface area contributed by atoms with Gasteiger partial charge in [-0.3, -0.25) is 9.05 Å². The van der Waals surface area contributed by atoms with Crippen molar-refractivity contribution < 1.29 is 13.6 Å². The molecule has 1 aromatic rings. The highest BCUT2D eigenvalue weighted by atomic mass is 79.9. The molecule has 0 radical (unpaired) electrons. The molecule has 1 rings (SSSR count). The van der Waals surface area contributed by atoms with Crippen molar-refractivity contribution in [2.75, 3.05) is 13.2 Å². The van der Waals surface area contributed by atoms with Gasteiger partial charge in [0.05, 0.1) is 19.4 Å². The largest absolute Gasteiger partial charge is 0.448 e. The van der Waals surface area contributed by atoms with Crippen LogP contribution >= 0.6 is 23.7 Å². The molecule has 1 aromatic carbocycles. The Hall–Kier alpha value is -0.680. The maximum atomic E-state index is 12.0. The summed E-state index contributed by atoms with van der Waals surface area (Å²) in [5, 5.41) is 6.31. The summed E-state index contributed by atoms with van der Waals surface area (Å²) in [6.45, 7) is 4.06. The van der Waals surface area contributed by atoms with E-state index in [0.29, 0.717) is 0 Å². The molecule has 0 saturated heterocycles. The van der Waals surface area contributed by atoms with Gasteiger partial charge in [0.15, 0.2) is 0 Å². The molecule has 100 valence electrons. The minimum Gasteiger partial charge on any atom is -0.292 e. The second-order valence-corrected chi connectivity index (χ2v) is 5.87. The number of hydrogen-bond donors (Lipinski definition) is 1. The van der Waals surface area contributed by atoms with Gasteiger partial charge in [0.2, 0.25) is 0 Å². The maximum Gasteiger partial charge on any atom is 0.448 e. The zero-order valence-corrected chi connectivity index (χ0v) is 12.8. The van der Waals surface area contributed by atoms with Crippen molar-refractivity contribution in [2.24, 2.45) is 5.10 Å². The molecule has 0 spiro atoms. The number of nitrogens with zero attached hydrogens (tertiary/aromatic N) is 1. The number of halogens is 1. The summed E-state index contributed by atoms with van der Waals surface area (Å²) in [5.74, 6) is 0. The molecule has 0 fully saturated rings. The summed E-state index contributed by atoms with van der Waals surface area (Å²) in [6.07, 6.45) is 1.55. The lowest BCUT2D eigenvalue weighted by Gasteiger charge is -2.14. The smallest absolute Gasteiger partial charge is 0.292 e. The van der Waals surface area contributed by atoms with Gasteiger partial charge < -0.3 is 0 Å². The average molecular weight is 335 g/mol.